The number of rotatable bonds is 5. The first-order chi connectivity index (χ1) is 14.0. The van der Waals surface area contributed by atoms with E-state index in [1.807, 2.05) is 0 Å². The first-order valence-corrected chi connectivity index (χ1v) is 9.28. The van der Waals surface area contributed by atoms with E-state index in [9.17, 15) is 14.9 Å². The number of amides is 1. The number of hydrogen-bond donors (Lipinski definition) is 1. The quantitative estimate of drug-likeness (QED) is 0.460. The molecule has 0 saturated carbocycles. The van der Waals surface area contributed by atoms with Crippen LogP contribution in [-0.2, 0) is 11.4 Å². The van der Waals surface area contributed by atoms with Crippen molar-refractivity contribution < 1.29 is 14.5 Å². The van der Waals surface area contributed by atoms with Crippen molar-refractivity contribution in [2.24, 2.45) is 10.1 Å². The summed E-state index contributed by atoms with van der Waals surface area (Å²) in [6.45, 7) is 0.268. The van der Waals surface area contributed by atoms with Crippen molar-refractivity contribution in [1.82, 2.24) is 5.01 Å². The van der Waals surface area contributed by atoms with Crippen LogP contribution in [0.1, 0.15) is 11.1 Å². The Balaban J connectivity index is 1.43. The summed E-state index contributed by atoms with van der Waals surface area (Å²) in [4.78, 5) is 26.4. The fourth-order valence-corrected chi connectivity index (χ4v) is 3.25. The monoisotopic (exact) mass is 407 g/mol. The lowest BCUT2D eigenvalue weighted by Crippen LogP contribution is -2.35. The predicted molar refractivity (Wildman–Crippen MR) is 110 cm³/mol. The summed E-state index contributed by atoms with van der Waals surface area (Å²) in [5.41, 5.74) is 3.24. The Labute approximate surface area is 169 Å². The molecule has 4 rings (SSSR count). The van der Waals surface area contributed by atoms with Crippen molar-refractivity contribution in [3.63, 3.8) is 0 Å². The van der Waals surface area contributed by atoms with Crippen molar-refractivity contribution in [1.29, 1.82) is 5.41 Å². The maximum atomic E-state index is 12.2. The molecular weight excluding hydrogens is 394 g/mol. The van der Waals surface area contributed by atoms with E-state index in [2.05, 4.69) is 10.1 Å². The van der Waals surface area contributed by atoms with Gasteiger partial charge in [0.1, 0.15) is 12.4 Å². The Kier molecular flexibility index (Phi) is 4.92. The van der Waals surface area contributed by atoms with Gasteiger partial charge in [-0.1, -0.05) is 12.1 Å². The van der Waals surface area contributed by atoms with Crippen LogP contribution in [-0.4, -0.2) is 32.4 Å². The van der Waals surface area contributed by atoms with E-state index in [0.29, 0.717) is 10.9 Å². The second-order valence-electron chi connectivity index (χ2n) is 6.04. The van der Waals surface area contributed by atoms with Crippen LogP contribution in [0.3, 0.4) is 0 Å². The van der Waals surface area contributed by atoms with Crippen LogP contribution in [0.2, 0.25) is 0 Å². The van der Waals surface area contributed by atoms with Crippen LogP contribution in [0, 0.1) is 15.5 Å². The molecule has 0 radical (unpaired) electrons. The molecule has 0 unspecified atom stereocenters. The Morgan fingerprint density at radius 1 is 1.17 bits per heavy atom. The number of nitrogens with zero attached hydrogens (tertiary/aromatic N) is 4. The number of carbonyl (C=O) groups is 1. The van der Waals surface area contributed by atoms with Crippen LogP contribution in [0.5, 0.6) is 5.75 Å². The number of carbonyl (C=O) groups excluding carboxylic acids is 1. The van der Waals surface area contributed by atoms with Gasteiger partial charge in [-0.15, -0.1) is 0 Å². The number of hydrogen-bond acceptors (Lipinski definition) is 7. The number of thioether (sulfide) groups is 1. The highest BCUT2D eigenvalue weighted by Gasteiger charge is 2.32. The molecule has 2 aromatic carbocycles. The summed E-state index contributed by atoms with van der Waals surface area (Å²) in [6.07, 6.45) is 1.59. The average molecular weight is 407 g/mol. The van der Waals surface area contributed by atoms with Crippen molar-refractivity contribution in [2.75, 3.05) is 0 Å². The van der Waals surface area contributed by atoms with Gasteiger partial charge in [0.15, 0.2) is 11.0 Å². The molecule has 2 aliphatic heterocycles. The molecule has 0 spiro atoms. The van der Waals surface area contributed by atoms with Crippen LogP contribution < -0.4 is 4.74 Å². The number of ether oxygens (including phenoxy) is 1. The zero-order chi connectivity index (χ0) is 20.4. The minimum Gasteiger partial charge on any atom is -0.489 e. The molecule has 144 valence electrons. The third kappa shape index (κ3) is 3.92. The van der Waals surface area contributed by atoms with E-state index in [1.165, 1.54) is 34.5 Å². The first-order valence-electron chi connectivity index (χ1n) is 8.40. The lowest BCUT2D eigenvalue weighted by atomic mass is 10.1. The number of fused-ring (bicyclic) bond motifs is 1. The van der Waals surface area contributed by atoms with Crippen molar-refractivity contribution in [3.05, 3.63) is 75.3 Å². The Bertz CT molecular complexity index is 1090. The molecule has 1 N–H and O–H groups in total. The van der Waals surface area contributed by atoms with E-state index in [1.54, 1.807) is 42.5 Å². The summed E-state index contributed by atoms with van der Waals surface area (Å²) in [7, 11) is 0. The number of amidine groups is 2. The van der Waals surface area contributed by atoms with E-state index in [-0.39, 0.29) is 23.7 Å². The third-order valence-electron chi connectivity index (χ3n) is 4.14. The maximum absolute atomic E-state index is 12.2. The van der Waals surface area contributed by atoms with Gasteiger partial charge in [0.2, 0.25) is 0 Å². The molecule has 1 amide bonds. The molecule has 2 aromatic rings. The number of hydrazone groups is 1. The molecule has 0 fully saturated rings. The number of nitrogens with one attached hydrogen (secondary N) is 1. The zero-order valence-electron chi connectivity index (χ0n) is 14.8. The lowest BCUT2D eigenvalue weighted by molar-refractivity contribution is -0.384. The van der Waals surface area contributed by atoms with E-state index in [4.69, 9.17) is 10.1 Å². The standard InChI is InChI=1S/C19H13N5O4S/c20-17-16(18(25)22-19-23(17)21-11-29-19)9-12-3-7-15(8-4-12)28-10-13-1-5-14(6-2-13)24(26)27/h1-9,11,20H,10H2. The maximum Gasteiger partial charge on any atom is 0.283 e. The summed E-state index contributed by atoms with van der Waals surface area (Å²) in [5, 5.41) is 24.6. The Hall–Kier alpha value is -3.79. The normalized spacial score (nSPS) is 16.8. The summed E-state index contributed by atoms with van der Waals surface area (Å²) >= 11 is 1.20. The van der Waals surface area contributed by atoms with Crippen LogP contribution in [0.15, 0.2) is 64.2 Å². The molecule has 0 bridgehead atoms. The van der Waals surface area contributed by atoms with Crippen molar-refractivity contribution in [3.8, 4) is 5.75 Å². The van der Waals surface area contributed by atoms with E-state index in [0.717, 1.165) is 11.1 Å². The number of aliphatic imine (C=N–C) groups is 1. The number of nitro groups is 1. The average Bonchev–Trinajstić information content (AvgIpc) is 3.19. The van der Waals surface area contributed by atoms with Crippen molar-refractivity contribution >= 4 is 46.0 Å². The van der Waals surface area contributed by atoms with Gasteiger partial charge in [-0.25, -0.2) is 0 Å². The molecule has 0 aliphatic carbocycles. The van der Waals surface area contributed by atoms with Gasteiger partial charge in [-0.2, -0.15) is 15.1 Å². The summed E-state index contributed by atoms with van der Waals surface area (Å²) < 4.78 is 5.68. The molecule has 0 aromatic heterocycles. The summed E-state index contributed by atoms with van der Waals surface area (Å²) in [5.74, 6) is 0.119. The molecule has 29 heavy (non-hydrogen) atoms. The second-order valence-corrected chi connectivity index (χ2v) is 6.85. The SMILES string of the molecule is N=C1C(=Cc2ccc(OCc3ccc([N+](=O)[O-])cc3)cc2)C(=O)N=C2SC=NN12. The highest BCUT2D eigenvalue weighted by molar-refractivity contribution is 8.25. The molecule has 0 atom stereocenters. The predicted octanol–water partition coefficient (Wildman–Crippen LogP) is 3.42. The molecule has 2 aliphatic rings. The van der Waals surface area contributed by atoms with Gasteiger partial charge in [-0.05, 0) is 53.2 Å². The molecule has 0 saturated heterocycles. The number of benzene rings is 2. The topological polar surface area (TPSA) is 121 Å². The van der Waals surface area contributed by atoms with Crippen LogP contribution in [0.4, 0.5) is 5.69 Å². The van der Waals surface area contributed by atoms with Gasteiger partial charge in [-0.3, -0.25) is 20.3 Å². The largest absolute Gasteiger partial charge is 0.489 e. The molecule has 10 heteroatoms. The number of non-ortho nitro benzene ring substituents is 1. The molecule has 2 heterocycles. The summed E-state index contributed by atoms with van der Waals surface area (Å²) in [6, 6.07) is 13.2. The van der Waals surface area contributed by atoms with Gasteiger partial charge < -0.3 is 4.74 Å². The fraction of sp³-hybridized carbons (Fsp3) is 0.0526. The van der Waals surface area contributed by atoms with Gasteiger partial charge in [0, 0.05) is 12.1 Å². The number of nitro benzene ring substituents is 1. The zero-order valence-corrected chi connectivity index (χ0v) is 15.6. The molecular formula is C19H13N5O4S. The smallest absolute Gasteiger partial charge is 0.283 e. The van der Waals surface area contributed by atoms with Crippen molar-refractivity contribution in [2.45, 2.75) is 6.61 Å². The van der Waals surface area contributed by atoms with Crippen LogP contribution >= 0.6 is 11.8 Å². The van der Waals surface area contributed by atoms with E-state index < -0.39 is 10.8 Å². The minimum absolute atomic E-state index is 0.0141. The van der Waals surface area contributed by atoms with Gasteiger partial charge in [0.05, 0.1) is 16.0 Å². The molecule has 9 nitrogen and oxygen atoms in total. The Morgan fingerprint density at radius 2 is 1.90 bits per heavy atom. The van der Waals surface area contributed by atoms with E-state index >= 15 is 0 Å². The Morgan fingerprint density at radius 3 is 2.59 bits per heavy atom. The minimum atomic E-state index is -0.474. The highest BCUT2D eigenvalue weighted by atomic mass is 32.2. The highest BCUT2D eigenvalue weighted by Crippen LogP contribution is 2.25. The third-order valence-corrected chi connectivity index (χ3v) is 4.81. The van der Waals surface area contributed by atoms with Gasteiger partial charge in [0.25, 0.3) is 11.6 Å². The van der Waals surface area contributed by atoms with Crippen LogP contribution in [0.25, 0.3) is 6.08 Å². The lowest BCUT2D eigenvalue weighted by Gasteiger charge is -2.20. The first kappa shape index (κ1) is 18.6. The fourth-order valence-electron chi connectivity index (χ4n) is 2.64. The second kappa shape index (κ2) is 7.68. The van der Waals surface area contributed by atoms with Gasteiger partial charge >= 0.3 is 0 Å².